The first-order valence-electron chi connectivity index (χ1n) is 7.48. The summed E-state index contributed by atoms with van der Waals surface area (Å²) in [5, 5.41) is 26.7. The molecule has 0 unspecified atom stereocenters. The molecule has 4 N–H and O–H groups in total. The van der Waals surface area contributed by atoms with Crippen LogP contribution >= 0.6 is 0 Å². The molecule has 4 atom stereocenters. The van der Waals surface area contributed by atoms with Gasteiger partial charge in [0, 0.05) is 0 Å². The molecule has 2 fully saturated rings. The van der Waals surface area contributed by atoms with E-state index in [0.717, 1.165) is 38.0 Å². The topological polar surface area (TPSA) is 142 Å². The summed E-state index contributed by atoms with van der Waals surface area (Å²) in [6, 6.07) is 0. The zero-order valence-corrected chi connectivity index (χ0v) is 14.0. The predicted octanol–water partition coefficient (Wildman–Crippen LogP) is -1.58. The van der Waals surface area contributed by atoms with Crippen LogP contribution in [0.15, 0.2) is 0 Å². The molecule has 0 heterocycles. The van der Waals surface area contributed by atoms with E-state index < -0.39 is 5.97 Å². The Morgan fingerprint density at radius 1 is 0.957 bits per heavy atom. The van der Waals surface area contributed by atoms with E-state index in [1.54, 1.807) is 0 Å². The van der Waals surface area contributed by atoms with Crippen molar-refractivity contribution in [2.45, 2.75) is 70.5 Å². The normalized spacial score (nSPS) is 28.8. The molecule has 0 saturated heterocycles. The fraction of sp³-hybridized carbons (Fsp3) is 0.867. The molecule has 0 amide bonds. The van der Waals surface area contributed by atoms with E-state index in [0.29, 0.717) is 6.42 Å². The molecule has 0 aromatic heterocycles. The molecule has 0 spiro atoms. The minimum Gasteiger partial charge on any atom is -0.870 e. The molecule has 0 aliphatic heterocycles. The number of aliphatic hydroxyl groups excluding tert-OH is 2. The largest absolute Gasteiger partial charge is 1.00 e. The first kappa shape index (κ1) is 27.2. The maximum Gasteiger partial charge on any atom is 1.00 e. The molecule has 2 aliphatic carbocycles. The standard InChI is InChI=1S/C7H12O3.C7H14O.CO2.Li.H2O/c8-6-3-1-2-5(4-6)7(9)10;1-6-3-2-4-7(8)5-6;2-1-3;;/h5-6,8H,1-4H2,(H,9,10);6-8H,2-5H2,1H3;;;1H2/q;;;+1;/p-1/t5-,6-;6-,7-;;;/m00.../s1. The molecule has 0 aromatic carbocycles. The second kappa shape index (κ2) is 16.2. The summed E-state index contributed by atoms with van der Waals surface area (Å²) >= 11 is 0. The number of carbonyl (C=O) groups is 1. The molecule has 2 saturated carbocycles. The Morgan fingerprint density at radius 3 is 1.65 bits per heavy atom. The summed E-state index contributed by atoms with van der Waals surface area (Å²) in [6.45, 7) is 2.21. The van der Waals surface area contributed by atoms with Gasteiger partial charge in [-0.2, -0.15) is 9.59 Å². The Hall–Kier alpha value is -0.673. The van der Waals surface area contributed by atoms with Gasteiger partial charge in [0.1, 0.15) is 0 Å². The van der Waals surface area contributed by atoms with Crippen LogP contribution in [-0.2, 0) is 14.4 Å². The van der Waals surface area contributed by atoms with Crippen molar-refractivity contribution in [3.05, 3.63) is 0 Å². The molecular weight excluding hydrogens is 299 g/mol. The molecule has 7 nitrogen and oxygen atoms in total. The predicted molar refractivity (Wildman–Crippen MR) is 76.2 cm³/mol. The number of rotatable bonds is 1. The number of carboxylic acids is 1. The van der Waals surface area contributed by atoms with Crippen LogP contribution in [0.5, 0.6) is 0 Å². The molecular formula is C15H27LiO7. The van der Waals surface area contributed by atoms with Crippen LogP contribution in [0.25, 0.3) is 0 Å². The van der Waals surface area contributed by atoms with Crippen molar-refractivity contribution in [1.82, 2.24) is 0 Å². The third-order valence-electron chi connectivity index (χ3n) is 3.90. The zero-order valence-electron chi connectivity index (χ0n) is 14.0. The van der Waals surface area contributed by atoms with Gasteiger partial charge in [0.2, 0.25) is 0 Å². The van der Waals surface area contributed by atoms with Gasteiger partial charge in [-0.3, -0.25) is 4.79 Å². The minimum atomic E-state index is -0.765. The van der Waals surface area contributed by atoms with Crippen molar-refractivity contribution in [3.8, 4) is 0 Å². The second-order valence-electron chi connectivity index (χ2n) is 5.86. The van der Waals surface area contributed by atoms with Crippen LogP contribution in [0.1, 0.15) is 58.3 Å². The van der Waals surface area contributed by atoms with E-state index in [4.69, 9.17) is 24.9 Å². The van der Waals surface area contributed by atoms with Crippen molar-refractivity contribution in [3.63, 3.8) is 0 Å². The molecule has 23 heavy (non-hydrogen) atoms. The van der Waals surface area contributed by atoms with Crippen molar-refractivity contribution in [2.75, 3.05) is 0 Å². The van der Waals surface area contributed by atoms with Crippen molar-refractivity contribution < 1.29 is 54.0 Å². The van der Waals surface area contributed by atoms with Gasteiger partial charge in [0.05, 0.1) is 18.1 Å². The van der Waals surface area contributed by atoms with E-state index >= 15 is 0 Å². The van der Waals surface area contributed by atoms with Gasteiger partial charge in [-0.05, 0) is 38.0 Å². The molecule has 8 heteroatoms. The monoisotopic (exact) mass is 326 g/mol. The summed E-state index contributed by atoms with van der Waals surface area (Å²) in [5.41, 5.74) is 0. The molecule has 0 radical (unpaired) electrons. The number of aliphatic hydroxyl groups is 2. The Balaban J connectivity index is -0.000000281. The fourth-order valence-electron chi connectivity index (χ4n) is 2.79. The average molecular weight is 326 g/mol. The fourth-order valence-corrected chi connectivity index (χ4v) is 2.79. The average Bonchev–Trinajstić information content (AvgIpc) is 2.40. The molecule has 0 aromatic rings. The summed E-state index contributed by atoms with van der Waals surface area (Å²) in [6.07, 6.45) is 7.27. The molecule has 2 rings (SSSR count). The maximum absolute atomic E-state index is 10.4. The second-order valence-corrected chi connectivity index (χ2v) is 5.86. The zero-order chi connectivity index (χ0) is 16.3. The van der Waals surface area contributed by atoms with Crippen LogP contribution in [0.2, 0.25) is 0 Å². The Morgan fingerprint density at radius 2 is 1.39 bits per heavy atom. The first-order chi connectivity index (χ1) is 9.90. The summed E-state index contributed by atoms with van der Waals surface area (Å²) in [4.78, 5) is 26.6. The van der Waals surface area contributed by atoms with Crippen molar-refractivity contribution in [1.29, 1.82) is 0 Å². The van der Waals surface area contributed by atoms with Gasteiger partial charge in [0.25, 0.3) is 0 Å². The number of hydrogen-bond donors (Lipinski definition) is 3. The Kier molecular flexibility index (Phi) is 19.1. The minimum absolute atomic E-state index is 0. The first-order valence-corrected chi connectivity index (χ1v) is 7.48. The maximum atomic E-state index is 10.4. The van der Waals surface area contributed by atoms with Crippen LogP contribution < -0.4 is 18.9 Å². The van der Waals surface area contributed by atoms with Crippen LogP contribution in [-0.4, -0.2) is 45.1 Å². The van der Waals surface area contributed by atoms with Gasteiger partial charge >= 0.3 is 31.0 Å². The van der Waals surface area contributed by atoms with Gasteiger partial charge < -0.3 is 20.8 Å². The summed E-state index contributed by atoms with van der Waals surface area (Å²) in [7, 11) is 0. The Labute approximate surface area is 148 Å². The van der Waals surface area contributed by atoms with E-state index in [1.807, 2.05) is 0 Å². The number of carboxylic acid groups (broad SMARTS) is 1. The number of carbonyl (C=O) groups excluding carboxylic acids is 2. The molecule has 2 aliphatic rings. The van der Waals surface area contributed by atoms with Crippen molar-refractivity contribution in [2.24, 2.45) is 11.8 Å². The third kappa shape index (κ3) is 14.6. The van der Waals surface area contributed by atoms with Crippen molar-refractivity contribution >= 4 is 12.1 Å². The molecule has 0 bridgehead atoms. The SMILES string of the molecule is C[C@H]1CCC[C@H](O)C1.O=C(O)[C@H]1CCC[C@H](O)C1.O=C=O.[Li+].[OH-]. The number of aliphatic carboxylic acids is 1. The van der Waals surface area contributed by atoms with Gasteiger partial charge in [-0.25, -0.2) is 0 Å². The van der Waals surface area contributed by atoms with E-state index in [1.165, 1.54) is 12.8 Å². The van der Waals surface area contributed by atoms with Gasteiger partial charge in [-0.1, -0.05) is 26.2 Å². The Bertz CT molecular complexity index is 324. The van der Waals surface area contributed by atoms with Crippen LogP contribution in [0.4, 0.5) is 0 Å². The van der Waals surface area contributed by atoms with Crippen LogP contribution in [0.3, 0.4) is 0 Å². The van der Waals surface area contributed by atoms with Gasteiger partial charge in [0.15, 0.2) is 0 Å². The van der Waals surface area contributed by atoms with E-state index in [2.05, 4.69) is 6.92 Å². The van der Waals surface area contributed by atoms with E-state index in [-0.39, 0.29) is 48.6 Å². The molecule has 130 valence electrons. The van der Waals surface area contributed by atoms with Crippen LogP contribution in [0, 0.1) is 11.8 Å². The quantitative estimate of drug-likeness (QED) is 0.494. The smallest absolute Gasteiger partial charge is 0.870 e. The summed E-state index contributed by atoms with van der Waals surface area (Å²) in [5.74, 6) is -0.304. The van der Waals surface area contributed by atoms with Gasteiger partial charge in [-0.15, -0.1) is 0 Å². The third-order valence-corrected chi connectivity index (χ3v) is 3.90. The summed E-state index contributed by atoms with van der Waals surface area (Å²) < 4.78 is 0. The van der Waals surface area contributed by atoms with E-state index in [9.17, 15) is 4.79 Å². The number of hydrogen-bond acceptors (Lipinski definition) is 6.